The van der Waals surface area contributed by atoms with Gasteiger partial charge in [0.05, 0.1) is 12.2 Å². The number of aryl methyl sites for hydroxylation is 1. The van der Waals surface area contributed by atoms with Crippen LogP contribution in [0.4, 0.5) is 0 Å². The topological polar surface area (TPSA) is 47.1 Å². The molecule has 4 heteroatoms. The molecule has 2 unspecified atom stereocenters. The molecule has 0 saturated carbocycles. The first-order valence-corrected chi connectivity index (χ1v) is 6.59. The minimum atomic E-state index is 0.226. The molecule has 1 aliphatic rings. The quantitative estimate of drug-likeness (QED) is 0.850. The number of nitrogens with two attached hydrogens (primary N) is 1. The van der Waals surface area contributed by atoms with Crippen molar-refractivity contribution in [1.82, 2.24) is 14.7 Å². The molecule has 96 valence electrons. The summed E-state index contributed by atoms with van der Waals surface area (Å²) < 4.78 is 1.87. The van der Waals surface area contributed by atoms with Crippen LogP contribution in [-0.2, 0) is 7.05 Å². The first kappa shape index (κ1) is 12.6. The monoisotopic (exact) mass is 236 g/mol. The van der Waals surface area contributed by atoms with Gasteiger partial charge in [0.15, 0.2) is 0 Å². The highest BCUT2D eigenvalue weighted by molar-refractivity contribution is 5.14. The van der Waals surface area contributed by atoms with Crippen LogP contribution in [0.5, 0.6) is 0 Å². The molecule has 0 aliphatic carbocycles. The minimum absolute atomic E-state index is 0.226. The van der Waals surface area contributed by atoms with Crippen LogP contribution in [0.25, 0.3) is 0 Å². The molecule has 1 fully saturated rings. The molecule has 4 nitrogen and oxygen atoms in total. The van der Waals surface area contributed by atoms with E-state index in [1.165, 1.54) is 18.4 Å². The van der Waals surface area contributed by atoms with Gasteiger partial charge in [-0.2, -0.15) is 5.10 Å². The summed E-state index contributed by atoms with van der Waals surface area (Å²) in [7, 11) is 1.96. The van der Waals surface area contributed by atoms with E-state index in [1.807, 2.05) is 17.9 Å². The molecule has 1 aromatic rings. The molecular formula is C13H24N4. The summed E-state index contributed by atoms with van der Waals surface area (Å²) in [6.07, 6.45) is 7.67. The van der Waals surface area contributed by atoms with E-state index in [0.717, 1.165) is 13.0 Å². The highest BCUT2D eigenvalue weighted by Gasteiger charge is 2.30. The third-order valence-electron chi connectivity index (χ3n) is 3.70. The number of aromatic nitrogens is 2. The molecule has 0 radical (unpaired) electrons. The molecule has 1 saturated heterocycles. The van der Waals surface area contributed by atoms with Gasteiger partial charge in [-0.15, -0.1) is 0 Å². The lowest BCUT2D eigenvalue weighted by atomic mass is 9.98. The third kappa shape index (κ3) is 2.69. The Morgan fingerprint density at radius 2 is 2.18 bits per heavy atom. The van der Waals surface area contributed by atoms with Gasteiger partial charge in [0, 0.05) is 30.9 Å². The lowest BCUT2D eigenvalue weighted by molar-refractivity contribution is 0.144. The normalized spacial score (nSPS) is 27.4. The van der Waals surface area contributed by atoms with Gasteiger partial charge >= 0.3 is 0 Å². The highest BCUT2D eigenvalue weighted by atomic mass is 15.3. The van der Waals surface area contributed by atoms with Crippen molar-refractivity contribution < 1.29 is 0 Å². The van der Waals surface area contributed by atoms with Gasteiger partial charge < -0.3 is 5.73 Å². The molecule has 0 bridgehead atoms. The number of likely N-dealkylation sites (tertiary alicyclic amines) is 1. The summed E-state index contributed by atoms with van der Waals surface area (Å²) in [6, 6.07) is 1.08. The van der Waals surface area contributed by atoms with Crippen molar-refractivity contribution in [3.63, 3.8) is 0 Å². The van der Waals surface area contributed by atoms with Crippen molar-refractivity contribution in [3.05, 3.63) is 18.0 Å². The smallest absolute Gasteiger partial charge is 0.0538 e. The zero-order valence-electron chi connectivity index (χ0n) is 11.1. The fourth-order valence-corrected chi connectivity index (χ4v) is 2.83. The molecule has 2 atom stereocenters. The van der Waals surface area contributed by atoms with Crippen molar-refractivity contribution >= 4 is 0 Å². The SMILES string of the molecule is CC(C)N1CCCCC(N)C1c1cnn(C)c1. The van der Waals surface area contributed by atoms with Gasteiger partial charge in [-0.05, 0) is 33.2 Å². The van der Waals surface area contributed by atoms with Crippen LogP contribution in [0.3, 0.4) is 0 Å². The average molecular weight is 236 g/mol. The lowest BCUT2D eigenvalue weighted by Gasteiger charge is -2.35. The minimum Gasteiger partial charge on any atom is -0.326 e. The van der Waals surface area contributed by atoms with Gasteiger partial charge in [-0.25, -0.2) is 0 Å². The third-order valence-corrected chi connectivity index (χ3v) is 3.70. The van der Waals surface area contributed by atoms with Crippen LogP contribution in [0.2, 0.25) is 0 Å². The second kappa shape index (κ2) is 5.19. The van der Waals surface area contributed by atoms with Gasteiger partial charge in [-0.3, -0.25) is 9.58 Å². The summed E-state index contributed by atoms with van der Waals surface area (Å²) in [5, 5.41) is 4.29. The van der Waals surface area contributed by atoms with Gasteiger partial charge in [0.2, 0.25) is 0 Å². The van der Waals surface area contributed by atoms with E-state index in [4.69, 9.17) is 5.73 Å². The summed E-state index contributed by atoms with van der Waals surface area (Å²) in [4.78, 5) is 2.52. The van der Waals surface area contributed by atoms with Crippen molar-refractivity contribution in [2.45, 2.75) is 51.2 Å². The molecule has 0 aromatic carbocycles. The first-order chi connectivity index (χ1) is 8.09. The summed E-state index contributed by atoms with van der Waals surface area (Å²) in [5.74, 6) is 0. The van der Waals surface area contributed by atoms with E-state index in [9.17, 15) is 0 Å². The van der Waals surface area contributed by atoms with Gasteiger partial charge in [-0.1, -0.05) is 6.42 Å². The number of hydrogen-bond acceptors (Lipinski definition) is 3. The van der Waals surface area contributed by atoms with Crippen LogP contribution in [0.15, 0.2) is 12.4 Å². The van der Waals surface area contributed by atoms with E-state index in [2.05, 4.69) is 30.0 Å². The second-order valence-electron chi connectivity index (χ2n) is 5.38. The molecule has 1 aliphatic heterocycles. The molecule has 17 heavy (non-hydrogen) atoms. The Kier molecular flexibility index (Phi) is 3.84. The maximum atomic E-state index is 6.37. The summed E-state index contributed by atoms with van der Waals surface area (Å²) in [5.41, 5.74) is 7.63. The van der Waals surface area contributed by atoms with Gasteiger partial charge in [0.25, 0.3) is 0 Å². The molecule has 0 amide bonds. The van der Waals surface area contributed by atoms with Crippen LogP contribution >= 0.6 is 0 Å². The van der Waals surface area contributed by atoms with E-state index in [0.29, 0.717) is 12.1 Å². The van der Waals surface area contributed by atoms with Crippen LogP contribution in [0.1, 0.15) is 44.7 Å². The van der Waals surface area contributed by atoms with E-state index >= 15 is 0 Å². The number of rotatable bonds is 2. The van der Waals surface area contributed by atoms with Crippen molar-refractivity contribution in [2.24, 2.45) is 12.8 Å². The standard InChI is InChI=1S/C13H24N4/c1-10(2)17-7-5-4-6-12(14)13(17)11-8-15-16(3)9-11/h8-10,12-13H,4-7,14H2,1-3H3. The second-order valence-corrected chi connectivity index (χ2v) is 5.38. The van der Waals surface area contributed by atoms with Crippen molar-refractivity contribution in [1.29, 1.82) is 0 Å². The highest BCUT2D eigenvalue weighted by Crippen LogP contribution is 2.30. The molecule has 1 aromatic heterocycles. The fraction of sp³-hybridized carbons (Fsp3) is 0.769. The Hall–Kier alpha value is -0.870. The van der Waals surface area contributed by atoms with E-state index < -0.39 is 0 Å². The average Bonchev–Trinajstić information content (AvgIpc) is 2.58. The van der Waals surface area contributed by atoms with Crippen LogP contribution < -0.4 is 5.73 Å². The van der Waals surface area contributed by atoms with Crippen molar-refractivity contribution in [2.75, 3.05) is 6.54 Å². The predicted molar refractivity (Wildman–Crippen MR) is 69.6 cm³/mol. The Morgan fingerprint density at radius 3 is 2.76 bits per heavy atom. The Balaban J connectivity index is 2.29. The zero-order chi connectivity index (χ0) is 12.4. The maximum Gasteiger partial charge on any atom is 0.0538 e. The number of hydrogen-bond donors (Lipinski definition) is 1. The Morgan fingerprint density at radius 1 is 1.41 bits per heavy atom. The Labute approximate surface area is 104 Å². The first-order valence-electron chi connectivity index (χ1n) is 6.59. The molecule has 0 spiro atoms. The molecular weight excluding hydrogens is 212 g/mol. The summed E-state index contributed by atoms with van der Waals surface area (Å²) >= 11 is 0. The van der Waals surface area contributed by atoms with Gasteiger partial charge in [0.1, 0.15) is 0 Å². The lowest BCUT2D eigenvalue weighted by Crippen LogP contribution is -2.43. The Bertz CT molecular complexity index is 358. The number of nitrogens with zero attached hydrogens (tertiary/aromatic N) is 3. The van der Waals surface area contributed by atoms with E-state index in [-0.39, 0.29) is 6.04 Å². The fourth-order valence-electron chi connectivity index (χ4n) is 2.83. The van der Waals surface area contributed by atoms with Crippen LogP contribution in [0, 0.1) is 0 Å². The van der Waals surface area contributed by atoms with Crippen molar-refractivity contribution in [3.8, 4) is 0 Å². The molecule has 2 rings (SSSR count). The predicted octanol–water partition coefficient (Wildman–Crippen LogP) is 1.68. The maximum absolute atomic E-state index is 6.37. The molecule has 2 N–H and O–H groups in total. The zero-order valence-corrected chi connectivity index (χ0v) is 11.1. The summed E-state index contributed by atoms with van der Waals surface area (Å²) in [6.45, 7) is 5.65. The van der Waals surface area contributed by atoms with E-state index in [1.54, 1.807) is 0 Å². The largest absolute Gasteiger partial charge is 0.326 e. The molecule has 2 heterocycles. The van der Waals surface area contributed by atoms with Crippen LogP contribution in [-0.4, -0.2) is 33.3 Å².